The second-order valence-corrected chi connectivity index (χ2v) is 11.4. The summed E-state index contributed by atoms with van der Waals surface area (Å²) < 4.78 is 5.31. The van der Waals surface area contributed by atoms with E-state index in [1.54, 1.807) is 18.2 Å². The van der Waals surface area contributed by atoms with Gasteiger partial charge in [0.15, 0.2) is 0 Å². The highest BCUT2D eigenvalue weighted by Crippen LogP contribution is 2.38. The van der Waals surface area contributed by atoms with E-state index in [4.69, 9.17) is 15.2 Å². The third-order valence-electron chi connectivity index (χ3n) is 8.01. The van der Waals surface area contributed by atoms with E-state index in [0.29, 0.717) is 50.5 Å². The molecule has 0 heterocycles. The monoisotopic (exact) mass is 614 g/mol. The molecular formula is C33H46N2O9. The minimum absolute atomic E-state index is 0.0738. The van der Waals surface area contributed by atoms with Crippen molar-refractivity contribution in [3.8, 4) is 5.75 Å². The molecule has 1 saturated carbocycles. The van der Waals surface area contributed by atoms with Gasteiger partial charge in [-0.2, -0.15) is 0 Å². The van der Waals surface area contributed by atoms with Crippen molar-refractivity contribution in [1.82, 2.24) is 10.7 Å². The molecule has 0 aromatic heterocycles. The standard InChI is InChI=1S/C33H46N2O9/c1-23(33(40)44-27-13-9-12-25(20-27)22-43-35(41)42)34-32(39)15-8-3-2-7-14-28-29(31(38)21-30(28)37)19-18-26(36)17-16-24-10-5-4-6-11-24/h2,4-7,9-13,20,23,26,28-31,36-38,41-42H,3,8,14-19,21-22H2,1H3,(H,34,39)/b7-2-/t23?,26-,28+,29+,30-,31+/m0/s1. The molecular weight excluding hydrogens is 568 g/mol. The van der Waals surface area contributed by atoms with E-state index in [2.05, 4.69) is 10.2 Å². The van der Waals surface area contributed by atoms with Crippen LogP contribution in [0.5, 0.6) is 5.75 Å². The Kier molecular flexibility index (Phi) is 14.9. The molecule has 242 valence electrons. The lowest BCUT2D eigenvalue weighted by Gasteiger charge is -2.23. The average Bonchev–Trinajstić information content (AvgIpc) is 3.27. The molecule has 3 rings (SSSR count). The predicted octanol–water partition coefficient (Wildman–Crippen LogP) is 3.86. The van der Waals surface area contributed by atoms with Crippen molar-refractivity contribution in [2.45, 2.75) is 95.7 Å². The van der Waals surface area contributed by atoms with E-state index in [9.17, 15) is 24.9 Å². The maximum absolute atomic E-state index is 12.4. The van der Waals surface area contributed by atoms with Crippen LogP contribution < -0.4 is 10.1 Å². The van der Waals surface area contributed by atoms with Gasteiger partial charge in [-0.05, 0) is 93.4 Å². The number of aryl methyl sites for hydroxylation is 1. The second kappa shape index (κ2) is 18.6. The van der Waals surface area contributed by atoms with Gasteiger partial charge >= 0.3 is 5.97 Å². The lowest BCUT2D eigenvalue weighted by atomic mass is 9.85. The highest BCUT2D eigenvalue weighted by Gasteiger charge is 2.40. The molecule has 1 amide bonds. The van der Waals surface area contributed by atoms with Gasteiger partial charge < -0.3 is 25.4 Å². The van der Waals surface area contributed by atoms with Crippen molar-refractivity contribution in [2.75, 3.05) is 0 Å². The number of aliphatic hydroxyl groups excluding tert-OH is 3. The summed E-state index contributed by atoms with van der Waals surface area (Å²) in [6.07, 6.45) is 7.43. The van der Waals surface area contributed by atoms with Gasteiger partial charge in [-0.25, -0.2) is 9.63 Å². The van der Waals surface area contributed by atoms with Crippen LogP contribution in [0, 0.1) is 11.8 Å². The summed E-state index contributed by atoms with van der Waals surface area (Å²) in [5, 5.41) is 51.1. The van der Waals surface area contributed by atoms with Crippen LogP contribution in [0.1, 0.15) is 69.4 Å². The minimum Gasteiger partial charge on any atom is -0.425 e. The number of hydrogen-bond donors (Lipinski definition) is 6. The van der Waals surface area contributed by atoms with Crippen molar-refractivity contribution in [1.29, 1.82) is 0 Å². The molecule has 0 spiro atoms. The number of carbonyl (C=O) groups excluding carboxylic acids is 2. The number of nitrogens with zero attached hydrogens (tertiary/aromatic N) is 1. The van der Waals surface area contributed by atoms with Gasteiger partial charge in [-0.15, -0.1) is 0 Å². The molecule has 6 N–H and O–H groups in total. The molecule has 11 heteroatoms. The van der Waals surface area contributed by atoms with Crippen LogP contribution in [0.3, 0.4) is 0 Å². The van der Waals surface area contributed by atoms with Gasteiger partial charge in [0.1, 0.15) is 11.8 Å². The van der Waals surface area contributed by atoms with Gasteiger partial charge in [-0.1, -0.05) is 54.6 Å². The lowest BCUT2D eigenvalue weighted by Crippen LogP contribution is -2.40. The van der Waals surface area contributed by atoms with E-state index >= 15 is 0 Å². The number of rotatable bonds is 18. The van der Waals surface area contributed by atoms with Gasteiger partial charge in [0.2, 0.25) is 5.91 Å². The molecule has 11 nitrogen and oxygen atoms in total. The van der Waals surface area contributed by atoms with Crippen LogP contribution in [0.4, 0.5) is 0 Å². The van der Waals surface area contributed by atoms with Crippen molar-refractivity contribution >= 4 is 11.9 Å². The normalized spacial score (nSPS) is 21.4. The number of esters is 1. The third kappa shape index (κ3) is 12.4. The maximum Gasteiger partial charge on any atom is 0.333 e. The van der Waals surface area contributed by atoms with E-state index in [-0.39, 0.29) is 36.5 Å². The van der Waals surface area contributed by atoms with E-state index in [1.807, 2.05) is 42.5 Å². The summed E-state index contributed by atoms with van der Waals surface area (Å²) in [6.45, 7) is 1.38. The first-order valence-corrected chi connectivity index (χ1v) is 15.3. The number of amides is 1. The number of nitrogens with one attached hydrogen (secondary N) is 1. The Morgan fingerprint density at radius 3 is 2.48 bits per heavy atom. The molecule has 0 aliphatic heterocycles. The summed E-state index contributed by atoms with van der Waals surface area (Å²) in [7, 11) is 0. The Morgan fingerprint density at radius 2 is 1.73 bits per heavy atom. The number of aliphatic hydroxyl groups is 3. The molecule has 1 unspecified atom stereocenters. The van der Waals surface area contributed by atoms with Gasteiger partial charge in [0.05, 0.1) is 30.3 Å². The zero-order valence-electron chi connectivity index (χ0n) is 25.2. The fourth-order valence-corrected chi connectivity index (χ4v) is 5.57. The number of unbranched alkanes of at least 4 members (excludes halogenated alkanes) is 1. The van der Waals surface area contributed by atoms with Crippen LogP contribution >= 0.6 is 0 Å². The Balaban J connectivity index is 1.33. The molecule has 2 aromatic rings. The highest BCUT2D eigenvalue weighted by molar-refractivity contribution is 5.85. The minimum atomic E-state index is -0.868. The van der Waals surface area contributed by atoms with Crippen LogP contribution in [0.25, 0.3) is 0 Å². The zero-order valence-corrected chi connectivity index (χ0v) is 25.2. The highest BCUT2D eigenvalue weighted by atomic mass is 17.1. The second-order valence-electron chi connectivity index (χ2n) is 11.4. The molecule has 0 bridgehead atoms. The quantitative estimate of drug-likeness (QED) is 0.0477. The van der Waals surface area contributed by atoms with E-state index in [0.717, 1.165) is 6.42 Å². The maximum atomic E-state index is 12.4. The number of ether oxygens (including phenoxy) is 1. The number of hydrogen-bond acceptors (Lipinski definition) is 10. The molecule has 44 heavy (non-hydrogen) atoms. The summed E-state index contributed by atoms with van der Waals surface area (Å²) in [5.74, 6) is -0.847. The summed E-state index contributed by atoms with van der Waals surface area (Å²) >= 11 is 0. The fourth-order valence-electron chi connectivity index (χ4n) is 5.57. The number of allylic oxidation sites excluding steroid dienone is 2. The van der Waals surface area contributed by atoms with Crippen molar-refractivity contribution in [3.63, 3.8) is 0 Å². The largest absolute Gasteiger partial charge is 0.425 e. The molecule has 0 radical (unpaired) electrons. The first-order chi connectivity index (χ1) is 21.1. The van der Waals surface area contributed by atoms with Gasteiger partial charge in [-0.3, -0.25) is 15.2 Å². The fraction of sp³-hybridized carbons (Fsp3) is 0.515. The summed E-state index contributed by atoms with van der Waals surface area (Å²) in [4.78, 5) is 29.3. The number of carbonyl (C=O) groups is 2. The van der Waals surface area contributed by atoms with Crippen molar-refractivity contribution in [3.05, 3.63) is 77.9 Å². The topological polar surface area (TPSA) is 169 Å². The van der Waals surface area contributed by atoms with E-state index in [1.165, 1.54) is 18.6 Å². The van der Waals surface area contributed by atoms with Crippen LogP contribution in [0.15, 0.2) is 66.7 Å². The Bertz CT molecular complexity index is 1180. The van der Waals surface area contributed by atoms with Gasteiger partial charge in [0, 0.05) is 6.42 Å². The smallest absolute Gasteiger partial charge is 0.333 e. The first-order valence-electron chi connectivity index (χ1n) is 15.3. The molecule has 1 aliphatic rings. The Hall–Kier alpha value is -3.16. The molecule has 1 fully saturated rings. The summed E-state index contributed by atoms with van der Waals surface area (Å²) in [6, 6.07) is 15.5. The third-order valence-corrected chi connectivity index (χ3v) is 8.01. The zero-order chi connectivity index (χ0) is 31.9. The lowest BCUT2D eigenvalue weighted by molar-refractivity contribution is -0.497. The Labute approximate surface area is 258 Å². The SMILES string of the molecule is CC(NC(=O)CCC/C=C\C[C@@H]1[C@@H](CC[C@@H](O)CCc2ccccc2)[C@H](O)C[C@@H]1O)C(=O)Oc1cccc(CON(O)O)c1. The van der Waals surface area contributed by atoms with Crippen molar-refractivity contribution in [2.24, 2.45) is 11.8 Å². The average molecular weight is 615 g/mol. The molecule has 0 saturated heterocycles. The van der Waals surface area contributed by atoms with Gasteiger partial charge in [0.25, 0.3) is 0 Å². The molecule has 6 atom stereocenters. The Morgan fingerprint density at radius 1 is 1.00 bits per heavy atom. The van der Waals surface area contributed by atoms with Crippen LogP contribution in [0.2, 0.25) is 0 Å². The number of benzene rings is 2. The van der Waals surface area contributed by atoms with Crippen LogP contribution in [-0.4, -0.2) is 67.4 Å². The predicted molar refractivity (Wildman–Crippen MR) is 161 cm³/mol. The molecule has 1 aliphatic carbocycles. The summed E-state index contributed by atoms with van der Waals surface area (Å²) in [5.41, 5.74) is 1.72. The molecule has 2 aromatic carbocycles. The first kappa shape index (κ1) is 35.3. The van der Waals surface area contributed by atoms with Crippen molar-refractivity contribution < 1.29 is 44.9 Å². The van der Waals surface area contributed by atoms with E-state index < -0.39 is 35.7 Å². The van der Waals surface area contributed by atoms with Crippen LogP contribution in [-0.2, 0) is 27.5 Å².